The summed E-state index contributed by atoms with van der Waals surface area (Å²) in [5.74, 6) is -0.323. The summed E-state index contributed by atoms with van der Waals surface area (Å²) in [4.78, 5) is 27.0. The van der Waals surface area contributed by atoms with Gasteiger partial charge in [-0.1, -0.05) is 11.6 Å². The Morgan fingerprint density at radius 3 is 2.78 bits per heavy atom. The minimum atomic E-state index is -0.194. The van der Waals surface area contributed by atoms with Crippen molar-refractivity contribution in [2.75, 3.05) is 26.2 Å². The number of aromatic nitrogens is 2. The van der Waals surface area contributed by atoms with E-state index in [0.29, 0.717) is 42.5 Å². The summed E-state index contributed by atoms with van der Waals surface area (Å²) in [6.07, 6.45) is 3.32. The summed E-state index contributed by atoms with van der Waals surface area (Å²) in [7, 11) is 0. The molecule has 2 aromatic rings. The lowest BCUT2D eigenvalue weighted by Gasteiger charge is -2.32. The molecule has 1 aromatic heterocycles. The van der Waals surface area contributed by atoms with Crippen LogP contribution in [0.25, 0.3) is 5.69 Å². The molecule has 1 aromatic carbocycles. The number of halogens is 1. The highest BCUT2D eigenvalue weighted by Crippen LogP contribution is 2.21. The monoisotopic (exact) mass is 389 g/mol. The Bertz CT molecular complexity index is 818. The highest BCUT2D eigenvalue weighted by atomic mass is 35.5. The normalized spacial score (nSPS) is 17.0. The first-order valence-electron chi connectivity index (χ1n) is 9.09. The number of nitrogens with one attached hydrogen (secondary N) is 1. The molecule has 7 nitrogen and oxygen atoms in total. The molecule has 1 unspecified atom stereocenters. The lowest BCUT2D eigenvalue weighted by atomic mass is 9.96. The maximum Gasteiger partial charge on any atom is 0.257 e. The van der Waals surface area contributed by atoms with E-state index in [2.05, 4.69) is 10.4 Å². The zero-order chi connectivity index (χ0) is 19.4. The highest BCUT2D eigenvalue weighted by molar-refractivity contribution is 6.30. The van der Waals surface area contributed by atoms with Crippen LogP contribution in [0.1, 0.15) is 28.9 Å². The quantitative estimate of drug-likeness (QED) is 0.814. The van der Waals surface area contributed by atoms with Crippen LogP contribution in [0.3, 0.4) is 0 Å². The second kappa shape index (κ2) is 8.54. The van der Waals surface area contributed by atoms with E-state index >= 15 is 0 Å². The average molecular weight is 390 g/mol. The standard InChI is InChI=1S/C19H24ClN5O2/c1-13-17(12-25(23-13)16-6-4-15(20)5-7-16)19(27)24-10-2-3-14(11-24)18(26)22-9-8-21/h4-7,12,14H,2-3,8-11,21H2,1H3,(H,22,26). The SMILES string of the molecule is Cc1nn(-c2ccc(Cl)cc2)cc1C(=O)N1CCCC(C(=O)NCCN)C1. The van der Waals surface area contributed by atoms with Gasteiger partial charge >= 0.3 is 0 Å². The summed E-state index contributed by atoms with van der Waals surface area (Å²) >= 11 is 5.93. The van der Waals surface area contributed by atoms with Gasteiger partial charge in [0, 0.05) is 37.4 Å². The van der Waals surface area contributed by atoms with Gasteiger partial charge in [-0.25, -0.2) is 4.68 Å². The van der Waals surface area contributed by atoms with Crippen molar-refractivity contribution in [1.29, 1.82) is 0 Å². The fourth-order valence-electron chi connectivity index (χ4n) is 3.28. The van der Waals surface area contributed by atoms with Crippen molar-refractivity contribution in [1.82, 2.24) is 20.0 Å². The second-order valence-corrected chi connectivity index (χ2v) is 7.16. The number of benzene rings is 1. The molecule has 0 saturated carbocycles. The van der Waals surface area contributed by atoms with Crippen molar-refractivity contribution < 1.29 is 9.59 Å². The van der Waals surface area contributed by atoms with Crippen molar-refractivity contribution in [2.24, 2.45) is 11.7 Å². The van der Waals surface area contributed by atoms with Crippen LogP contribution in [0.2, 0.25) is 5.02 Å². The Morgan fingerprint density at radius 1 is 1.33 bits per heavy atom. The van der Waals surface area contributed by atoms with Crippen molar-refractivity contribution in [2.45, 2.75) is 19.8 Å². The molecule has 1 atom stereocenters. The molecule has 144 valence electrons. The predicted molar refractivity (Wildman–Crippen MR) is 104 cm³/mol. The second-order valence-electron chi connectivity index (χ2n) is 6.72. The Hall–Kier alpha value is -2.38. The number of aryl methyl sites for hydroxylation is 1. The number of hydrogen-bond donors (Lipinski definition) is 2. The van der Waals surface area contributed by atoms with Gasteiger partial charge < -0.3 is 16.0 Å². The van der Waals surface area contributed by atoms with Crippen molar-refractivity contribution >= 4 is 23.4 Å². The van der Waals surface area contributed by atoms with Crippen LogP contribution in [-0.4, -0.2) is 52.7 Å². The summed E-state index contributed by atoms with van der Waals surface area (Å²) in [6.45, 7) is 3.74. The van der Waals surface area contributed by atoms with Gasteiger partial charge in [0.25, 0.3) is 5.91 Å². The van der Waals surface area contributed by atoms with Crippen molar-refractivity contribution in [3.63, 3.8) is 0 Å². The molecule has 3 rings (SSSR count). The van der Waals surface area contributed by atoms with Gasteiger partial charge in [0.15, 0.2) is 0 Å². The number of piperidine rings is 1. The number of carbonyl (C=O) groups is 2. The summed E-state index contributed by atoms with van der Waals surface area (Å²) in [5.41, 5.74) is 7.48. The highest BCUT2D eigenvalue weighted by Gasteiger charge is 2.30. The molecular weight excluding hydrogens is 366 g/mol. The zero-order valence-electron chi connectivity index (χ0n) is 15.3. The van der Waals surface area contributed by atoms with E-state index in [1.165, 1.54) is 0 Å². The molecule has 8 heteroatoms. The third-order valence-electron chi connectivity index (χ3n) is 4.74. The number of hydrogen-bond acceptors (Lipinski definition) is 4. The lowest BCUT2D eigenvalue weighted by Crippen LogP contribution is -2.46. The van der Waals surface area contributed by atoms with E-state index in [-0.39, 0.29) is 17.7 Å². The number of rotatable bonds is 5. The maximum atomic E-state index is 13.0. The molecule has 2 amide bonds. The van der Waals surface area contributed by atoms with Gasteiger partial charge in [-0.3, -0.25) is 9.59 Å². The van der Waals surface area contributed by atoms with Gasteiger partial charge in [0.2, 0.25) is 5.91 Å². The zero-order valence-corrected chi connectivity index (χ0v) is 16.1. The van der Waals surface area contributed by atoms with E-state index in [0.717, 1.165) is 18.5 Å². The van der Waals surface area contributed by atoms with Crippen LogP contribution in [0.5, 0.6) is 0 Å². The molecule has 2 heterocycles. The number of nitrogens with two attached hydrogens (primary N) is 1. The van der Waals surface area contributed by atoms with Gasteiger partial charge in [0.05, 0.1) is 22.9 Å². The molecule has 1 aliphatic heterocycles. The molecule has 0 bridgehead atoms. The van der Waals surface area contributed by atoms with Crippen LogP contribution in [0, 0.1) is 12.8 Å². The lowest BCUT2D eigenvalue weighted by molar-refractivity contribution is -0.126. The minimum absolute atomic E-state index is 0.0356. The fourth-order valence-corrected chi connectivity index (χ4v) is 3.41. The van der Waals surface area contributed by atoms with E-state index in [1.807, 2.05) is 19.1 Å². The van der Waals surface area contributed by atoms with Gasteiger partial charge in [-0.05, 0) is 44.0 Å². The number of nitrogens with zero attached hydrogens (tertiary/aromatic N) is 3. The third-order valence-corrected chi connectivity index (χ3v) is 5.00. The molecule has 3 N–H and O–H groups in total. The van der Waals surface area contributed by atoms with Crippen LogP contribution in [0.4, 0.5) is 0 Å². The number of carbonyl (C=O) groups excluding carboxylic acids is 2. The first-order valence-corrected chi connectivity index (χ1v) is 9.46. The summed E-state index contributed by atoms with van der Waals surface area (Å²) < 4.78 is 1.67. The van der Waals surface area contributed by atoms with E-state index in [4.69, 9.17) is 17.3 Å². The minimum Gasteiger partial charge on any atom is -0.355 e. The van der Waals surface area contributed by atoms with Crippen LogP contribution < -0.4 is 11.1 Å². The molecular formula is C19H24ClN5O2. The first-order chi connectivity index (χ1) is 13.0. The topological polar surface area (TPSA) is 93.2 Å². The molecule has 0 aliphatic carbocycles. The summed E-state index contributed by atoms with van der Waals surface area (Å²) in [6, 6.07) is 7.26. The molecule has 1 fully saturated rings. The fraction of sp³-hybridized carbons (Fsp3) is 0.421. The first kappa shape index (κ1) is 19.4. The van der Waals surface area contributed by atoms with Crippen LogP contribution in [0.15, 0.2) is 30.5 Å². The van der Waals surface area contributed by atoms with Gasteiger partial charge in [-0.15, -0.1) is 0 Å². The molecule has 0 radical (unpaired) electrons. The Labute approximate surface area is 163 Å². The molecule has 0 spiro atoms. The molecule has 1 saturated heterocycles. The Morgan fingerprint density at radius 2 is 2.07 bits per heavy atom. The number of likely N-dealkylation sites (tertiary alicyclic amines) is 1. The smallest absolute Gasteiger partial charge is 0.257 e. The van der Waals surface area contributed by atoms with E-state index in [9.17, 15) is 9.59 Å². The molecule has 27 heavy (non-hydrogen) atoms. The number of amides is 2. The summed E-state index contributed by atoms with van der Waals surface area (Å²) in [5, 5.41) is 7.91. The van der Waals surface area contributed by atoms with E-state index < -0.39 is 0 Å². The average Bonchev–Trinajstić information content (AvgIpc) is 3.07. The van der Waals surface area contributed by atoms with E-state index in [1.54, 1.807) is 27.9 Å². The van der Waals surface area contributed by atoms with Crippen LogP contribution in [-0.2, 0) is 4.79 Å². The van der Waals surface area contributed by atoms with Crippen LogP contribution >= 0.6 is 11.6 Å². The Balaban J connectivity index is 1.73. The Kier molecular flexibility index (Phi) is 6.13. The predicted octanol–water partition coefficient (Wildman–Crippen LogP) is 1.76. The largest absolute Gasteiger partial charge is 0.355 e. The van der Waals surface area contributed by atoms with Crippen molar-refractivity contribution in [3.05, 3.63) is 46.7 Å². The van der Waals surface area contributed by atoms with Gasteiger partial charge in [0.1, 0.15) is 0 Å². The van der Waals surface area contributed by atoms with Gasteiger partial charge in [-0.2, -0.15) is 5.10 Å². The third kappa shape index (κ3) is 4.48. The van der Waals surface area contributed by atoms with Crippen molar-refractivity contribution in [3.8, 4) is 5.69 Å². The molecule has 1 aliphatic rings. The maximum absolute atomic E-state index is 13.0.